The van der Waals surface area contributed by atoms with Crippen molar-refractivity contribution in [2.75, 3.05) is 30.8 Å². The molecule has 0 saturated heterocycles. The standard InChI is InChI=1S/C11H14F3N3O3S/c1-3-20-10(19)7-6(15)5(8(16)18)9(21-7)17(2)4-11(12,13)14/h3-4,15H2,1-2H3,(H2,16,18). The Hall–Kier alpha value is -1.97. The number of hydrogen-bond donors (Lipinski definition) is 2. The van der Waals surface area contributed by atoms with Gasteiger partial charge in [0.15, 0.2) is 0 Å². The second-order valence-electron chi connectivity index (χ2n) is 4.08. The predicted octanol–water partition coefficient (Wildman–Crippen LogP) is 1.60. The van der Waals surface area contributed by atoms with Crippen LogP contribution in [0.3, 0.4) is 0 Å². The maximum atomic E-state index is 12.4. The fourth-order valence-corrected chi connectivity index (χ4v) is 2.71. The number of thiophene rings is 1. The third kappa shape index (κ3) is 4.00. The molecular weight excluding hydrogens is 311 g/mol. The maximum Gasteiger partial charge on any atom is 0.405 e. The summed E-state index contributed by atoms with van der Waals surface area (Å²) in [6.45, 7) is 0.318. The van der Waals surface area contributed by atoms with Crippen molar-refractivity contribution in [2.45, 2.75) is 13.1 Å². The minimum atomic E-state index is -4.48. The van der Waals surface area contributed by atoms with Gasteiger partial charge in [0.2, 0.25) is 0 Å². The highest BCUT2D eigenvalue weighted by Gasteiger charge is 2.33. The van der Waals surface area contributed by atoms with Gasteiger partial charge in [-0.15, -0.1) is 11.3 Å². The molecule has 1 amide bonds. The third-order valence-electron chi connectivity index (χ3n) is 2.40. The van der Waals surface area contributed by atoms with E-state index in [4.69, 9.17) is 16.2 Å². The van der Waals surface area contributed by atoms with Gasteiger partial charge in [0.25, 0.3) is 5.91 Å². The second kappa shape index (κ2) is 6.20. The Balaban J connectivity index is 3.28. The summed E-state index contributed by atoms with van der Waals surface area (Å²) in [6.07, 6.45) is -4.48. The molecule has 1 heterocycles. The lowest BCUT2D eigenvalue weighted by molar-refractivity contribution is -0.119. The molecule has 0 fully saturated rings. The molecular formula is C11H14F3N3O3S. The fraction of sp³-hybridized carbons (Fsp3) is 0.455. The molecule has 0 aromatic carbocycles. The number of rotatable bonds is 5. The van der Waals surface area contributed by atoms with Gasteiger partial charge in [0, 0.05) is 7.05 Å². The number of esters is 1. The maximum absolute atomic E-state index is 12.4. The van der Waals surface area contributed by atoms with E-state index < -0.39 is 24.6 Å². The zero-order valence-electron chi connectivity index (χ0n) is 11.3. The summed E-state index contributed by atoms with van der Waals surface area (Å²) >= 11 is 0.637. The molecule has 21 heavy (non-hydrogen) atoms. The van der Waals surface area contributed by atoms with Crippen LogP contribution in [0.5, 0.6) is 0 Å². The van der Waals surface area contributed by atoms with Crippen molar-refractivity contribution in [1.29, 1.82) is 0 Å². The molecule has 1 aromatic heterocycles. The molecule has 0 atom stereocenters. The highest BCUT2D eigenvalue weighted by Crippen LogP contribution is 2.38. The number of carbonyl (C=O) groups is 2. The number of alkyl halides is 3. The van der Waals surface area contributed by atoms with Gasteiger partial charge in [0.05, 0.1) is 17.9 Å². The largest absolute Gasteiger partial charge is 0.462 e. The number of hydrogen-bond acceptors (Lipinski definition) is 6. The lowest BCUT2D eigenvalue weighted by Crippen LogP contribution is -2.31. The first-order chi connectivity index (χ1) is 9.58. The molecule has 0 spiro atoms. The monoisotopic (exact) mass is 325 g/mol. The highest BCUT2D eigenvalue weighted by atomic mass is 32.1. The topological polar surface area (TPSA) is 98.6 Å². The Morgan fingerprint density at radius 2 is 1.95 bits per heavy atom. The number of halogens is 3. The average molecular weight is 325 g/mol. The number of carbonyl (C=O) groups excluding carboxylic acids is 2. The van der Waals surface area contributed by atoms with Crippen molar-refractivity contribution < 1.29 is 27.5 Å². The van der Waals surface area contributed by atoms with Crippen molar-refractivity contribution in [3.63, 3.8) is 0 Å². The smallest absolute Gasteiger partial charge is 0.405 e. The SMILES string of the molecule is CCOC(=O)c1sc(N(C)CC(F)(F)F)c(C(N)=O)c1N. The van der Waals surface area contributed by atoms with Gasteiger partial charge in [0.1, 0.15) is 16.4 Å². The summed E-state index contributed by atoms with van der Waals surface area (Å²) in [5, 5.41) is -0.125. The van der Waals surface area contributed by atoms with Gasteiger partial charge in [-0.1, -0.05) is 0 Å². The Morgan fingerprint density at radius 3 is 2.38 bits per heavy atom. The van der Waals surface area contributed by atoms with Gasteiger partial charge >= 0.3 is 12.1 Å². The zero-order valence-corrected chi connectivity index (χ0v) is 12.1. The van der Waals surface area contributed by atoms with Gasteiger partial charge in [-0.2, -0.15) is 13.2 Å². The summed E-state index contributed by atoms with van der Waals surface area (Å²) < 4.78 is 42.0. The quantitative estimate of drug-likeness (QED) is 0.801. The molecule has 1 rings (SSSR count). The summed E-state index contributed by atoms with van der Waals surface area (Å²) in [6, 6.07) is 0. The lowest BCUT2D eigenvalue weighted by atomic mass is 10.2. The van der Waals surface area contributed by atoms with Crippen LogP contribution < -0.4 is 16.4 Å². The predicted molar refractivity (Wildman–Crippen MR) is 72.5 cm³/mol. The molecule has 0 aliphatic carbocycles. The Bertz CT molecular complexity index is 557. The van der Waals surface area contributed by atoms with Crippen LogP contribution in [-0.2, 0) is 4.74 Å². The first kappa shape index (κ1) is 17.1. The van der Waals surface area contributed by atoms with Crippen LogP contribution in [0.4, 0.5) is 23.9 Å². The van der Waals surface area contributed by atoms with Crippen molar-refractivity contribution in [2.24, 2.45) is 5.73 Å². The lowest BCUT2D eigenvalue weighted by Gasteiger charge is -2.20. The van der Waals surface area contributed by atoms with Crippen LogP contribution in [0.1, 0.15) is 27.0 Å². The van der Waals surface area contributed by atoms with Gasteiger partial charge in [-0.05, 0) is 6.92 Å². The van der Waals surface area contributed by atoms with Crippen LogP contribution >= 0.6 is 11.3 Å². The summed E-state index contributed by atoms with van der Waals surface area (Å²) in [5.74, 6) is -1.82. The molecule has 0 saturated carbocycles. The molecule has 0 aliphatic rings. The van der Waals surface area contributed by atoms with Crippen LogP contribution in [-0.4, -0.2) is 38.3 Å². The molecule has 0 radical (unpaired) electrons. The van der Waals surface area contributed by atoms with Crippen LogP contribution in [0, 0.1) is 0 Å². The van der Waals surface area contributed by atoms with E-state index in [0.717, 1.165) is 11.9 Å². The Labute approximate surface area is 122 Å². The van der Waals surface area contributed by atoms with Gasteiger partial charge in [-0.25, -0.2) is 4.79 Å². The van der Waals surface area contributed by atoms with E-state index in [1.165, 1.54) is 0 Å². The number of amides is 1. The van der Waals surface area contributed by atoms with Crippen molar-refractivity contribution >= 4 is 33.9 Å². The number of nitrogens with zero attached hydrogens (tertiary/aromatic N) is 1. The first-order valence-electron chi connectivity index (χ1n) is 5.75. The second-order valence-corrected chi connectivity index (χ2v) is 5.08. The third-order valence-corrected chi connectivity index (χ3v) is 3.70. The number of ether oxygens (including phenoxy) is 1. The number of nitrogens with two attached hydrogens (primary N) is 2. The van der Waals surface area contributed by atoms with Crippen LogP contribution in [0.25, 0.3) is 0 Å². The average Bonchev–Trinajstić information content (AvgIpc) is 2.65. The summed E-state index contributed by atoms with van der Waals surface area (Å²) in [7, 11) is 1.13. The van der Waals surface area contributed by atoms with Crippen LogP contribution in [0.2, 0.25) is 0 Å². The van der Waals surface area contributed by atoms with E-state index in [1.807, 2.05) is 0 Å². The minimum Gasteiger partial charge on any atom is -0.462 e. The van der Waals surface area contributed by atoms with Crippen molar-refractivity contribution in [3.05, 3.63) is 10.4 Å². The molecule has 0 bridgehead atoms. The Kier molecular flexibility index (Phi) is 5.05. The van der Waals surface area contributed by atoms with E-state index in [2.05, 4.69) is 0 Å². The highest BCUT2D eigenvalue weighted by molar-refractivity contribution is 7.19. The summed E-state index contributed by atoms with van der Waals surface area (Å²) in [4.78, 5) is 23.7. The Morgan fingerprint density at radius 1 is 1.38 bits per heavy atom. The molecule has 0 aliphatic heterocycles. The zero-order chi connectivity index (χ0) is 16.4. The molecule has 118 valence electrons. The van der Waals surface area contributed by atoms with E-state index in [0.29, 0.717) is 11.3 Å². The number of anilines is 2. The van der Waals surface area contributed by atoms with Gasteiger partial charge in [-0.3, -0.25) is 4.79 Å². The number of primary amides is 1. The summed E-state index contributed by atoms with van der Waals surface area (Å²) in [5.41, 5.74) is 10.2. The molecule has 0 unspecified atom stereocenters. The van der Waals surface area contributed by atoms with E-state index in [1.54, 1.807) is 6.92 Å². The molecule has 4 N–H and O–H groups in total. The van der Waals surface area contributed by atoms with Crippen LogP contribution in [0.15, 0.2) is 0 Å². The fourth-order valence-electron chi connectivity index (χ4n) is 1.63. The van der Waals surface area contributed by atoms with E-state index in [9.17, 15) is 22.8 Å². The van der Waals surface area contributed by atoms with Crippen molar-refractivity contribution in [1.82, 2.24) is 0 Å². The van der Waals surface area contributed by atoms with Crippen molar-refractivity contribution in [3.8, 4) is 0 Å². The van der Waals surface area contributed by atoms with E-state index >= 15 is 0 Å². The van der Waals surface area contributed by atoms with Gasteiger partial charge < -0.3 is 21.1 Å². The normalized spacial score (nSPS) is 11.3. The molecule has 1 aromatic rings. The minimum absolute atomic E-state index is 0.0653. The first-order valence-corrected chi connectivity index (χ1v) is 6.57. The number of nitrogen functional groups attached to an aromatic ring is 1. The molecule has 6 nitrogen and oxygen atoms in total. The molecule has 10 heteroatoms. The van der Waals surface area contributed by atoms with E-state index in [-0.39, 0.29) is 27.7 Å².